The van der Waals surface area contributed by atoms with Crippen LogP contribution in [-0.2, 0) is 18.8 Å². The Balaban J connectivity index is 2.80. The monoisotopic (exact) mass is 369 g/mol. The molecule has 0 amide bonds. The van der Waals surface area contributed by atoms with Gasteiger partial charge in [-0.25, -0.2) is 37.3 Å². The molecule has 0 aliphatic carbocycles. The Hall–Kier alpha value is -2.94. The first kappa shape index (κ1) is 18.4. The molecule has 0 saturated carbocycles. The summed E-state index contributed by atoms with van der Waals surface area (Å²) in [5.74, 6) is -1.91. The van der Waals surface area contributed by atoms with Crippen molar-refractivity contribution >= 4 is 17.6 Å². The van der Waals surface area contributed by atoms with Gasteiger partial charge in [-0.2, -0.15) is 0 Å². The highest BCUT2D eigenvalue weighted by Crippen LogP contribution is 2.23. The number of rotatable bonds is 4. The molecular weight excluding hydrogens is 357 g/mol. The summed E-state index contributed by atoms with van der Waals surface area (Å²) < 4.78 is 20.8. The van der Waals surface area contributed by atoms with E-state index in [0.717, 1.165) is 26.2 Å². The highest BCUT2D eigenvalue weighted by atomic mass is 35.5. The van der Waals surface area contributed by atoms with Crippen LogP contribution < -0.4 is 17.1 Å². The normalized spacial score (nSPS) is 10.6. The first-order valence-corrected chi connectivity index (χ1v) is 7.25. The molecule has 0 spiro atoms. The van der Waals surface area contributed by atoms with Gasteiger partial charge < -0.3 is 4.74 Å². The van der Waals surface area contributed by atoms with E-state index in [4.69, 9.17) is 16.3 Å². The Bertz CT molecular complexity index is 1010. The number of hydrogen-bond acceptors (Lipinski definition) is 5. The molecule has 0 radical (unpaired) electrons. The molecule has 0 N–H and O–H groups in total. The molecule has 2 rings (SSSR count). The van der Waals surface area contributed by atoms with Crippen LogP contribution in [0.4, 0.5) is 4.39 Å². The van der Waals surface area contributed by atoms with Gasteiger partial charge in [0.15, 0.2) is 0 Å². The largest absolute Gasteiger partial charge is 0.458 e. The molecule has 8 nitrogen and oxygen atoms in total. The van der Waals surface area contributed by atoms with Crippen LogP contribution in [0.1, 0.15) is 10.4 Å². The molecule has 1 aromatic heterocycles. The van der Waals surface area contributed by atoms with Gasteiger partial charge in [0.1, 0.15) is 12.4 Å². The number of ether oxygens (including phenoxy) is 1. The summed E-state index contributed by atoms with van der Waals surface area (Å²) >= 11 is 5.84. The van der Waals surface area contributed by atoms with Crippen molar-refractivity contribution in [3.05, 3.63) is 72.6 Å². The molecule has 0 unspecified atom stereocenters. The molecule has 0 saturated heterocycles. The zero-order chi connectivity index (χ0) is 18.9. The van der Waals surface area contributed by atoms with Crippen LogP contribution >= 0.6 is 11.6 Å². The molecule has 10 heteroatoms. The maximum absolute atomic E-state index is 14.3. The Morgan fingerprint density at radius 2 is 1.76 bits per heavy atom. The van der Waals surface area contributed by atoms with Crippen molar-refractivity contribution in [2.75, 3.05) is 6.61 Å². The lowest BCUT2D eigenvalue weighted by Crippen LogP contribution is -2.52. The van der Waals surface area contributed by atoms with Crippen molar-refractivity contribution in [2.45, 2.75) is 0 Å². The second-order valence-corrected chi connectivity index (χ2v) is 5.38. The first-order chi connectivity index (χ1) is 11.7. The summed E-state index contributed by atoms with van der Waals surface area (Å²) in [5.41, 5.74) is -3.79. The van der Waals surface area contributed by atoms with E-state index in [-0.39, 0.29) is 17.2 Å². The SMILES string of the molecule is C=CCOC(=O)c1cc(-n2c(=O)n(C)c(=O)n(C)c2=O)c(F)cc1Cl. The Labute approximate surface area is 145 Å². The minimum atomic E-state index is -1.07. The van der Waals surface area contributed by atoms with Gasteiger partial charge >= 0.3 is 23.0 Å². The van der Waals surface area contributed by atoms with Gasteiger partial charge in [0.2, 0.25) is 0 Å². The molecule has 0 aliphatic rings. The smallest absolute Gasteiger partial charge is 0.340 e. The summed E-state index contributed by atoms with van der Waals surface area (Å²) in [6.07, 6.45) is 1.32. The molecule has 2 aromatic rings. The van der Waals surface area contributed by atoms with Crippen molar-refractivity contribution < 1.29 is 13.9 Å². The Morgan fingerprint density at radius 3 is 2.28 bits per heavy atom. The predicted octanol–water partition coefficient (Wildman–Crippen LogP) is 0.370. The zero-order valence-corrected chi connectivity index (χ0v) is 14.0. The second kappa shape index (κ2) is 6.89. The van der Waals surface area contributed by atoms with E-state index in [0.29, 0.717) is 13.7 Å². The maximum Gasteiger partial charge on any atom is 0.340 e. The van der Waals surface area contributed by atoms with Crippen LogP contribution in [0.25, 0.3) is 5.69 Å². The summed E-state index contributed by atoms with van der Waals surface area (Å²) in [6, 6.07) is 1.69. The standard InChI is InChI=1S/C15H13ClFN3O5/c1-4-5-25-12(21)8-6-11(10(17)7-9(8)16)20-14(23)18(2)13(22)19(3)15(20)24/h4,6-7H,1,5H2,2-3H3. The van der Waals surface area contributed by atoms with Gasteiger partial charge in [-0.15, -0.1) is 0 Å². The Morgan fingerprint density at radius 1 is 1.20 bits per heavy atom. The highest BCUT2D eigenvalue weighted by molar-refractivity contribution is 6.33. The molecule has 0 fully saturated rings. The van der Waals surface area contributed by atoms with Crippen molar-refractivity contribution in [1.29, 1.82) is 0 Å². The number of carbonyl (C=O) groups excluding carboxylic acids is 1. The van der Waals surface area contributed by atoms with E-state index >= 15 is 0 Å². The van der Waals surface area contributed by atoms with Crippen LogP contribution in [0, 0.1) is 5.82 Å². The van der Waals surface area contributed by atoms with Gasteiger partial charge in [0.25, 0.3) is 0 Å². The maximum atomic E-state index is 14.3. The van der Waals surface area contributed by atoms with E-state index in [1.54, 1.807) is 0 Å². The van der Waals surface area contributed by atoms with Gasteiger partial charge in [-0.3, -0.25) is 0 Å². The molecule has 0 atom stereocenters. The van der Waals surface area contributed by atoms with Gasteiger partial charge in [-0.1, -0.05) is 24.3 Å². The molecule has 0 aliphatic heterocycles. The van der Waals surface area contributed by atoms with E-state index in [1.807, 2.05) is 0 Å². The summed E-state index contributed by atoms with van der Waals surface area (Å²) in [5, 5.41) is -0.259. The minimum absolute atomic E-state index is 0.108. The van der Waals surface area contributed by atoms with Crippen molar-refractivity contribution in [1.82, 2.24) is 13.7 Å². The number of carbonyl (C=O) groups is 1. The van der Waals surface area contributed by atoms with Gasteiger partial charge in [0.05, 0.1) is 16.3 Å². The van der Waals surface area contributed by atoms with E-state index in [2.05, 4.69) is 6.58 Å². The summed E-state index contributed by atoms with van der Waals surface area (Å²) in [7, 11) is 2.27. The number of nitrogens with zero attached hydrogens (tertiary/aromatic N) is 3. The molecule has 132 valence electrons. The van der Waals surface area contributed by atoms with Crippen LogP contribution in [0.2, 0.25) is 5.02 Å². The third-order valence-electron chi connectivity index (χ3n) is 3.36. The fourth-order valence-corrected chi connectivity index (χ4v) is 2.28. The molecule has 1 heterocycles. The van der Waals surface area contributed by atoms with Crippen LogP contribution in [0.15, 0.2) is 39.2 Å². The average Bonchev–Trinajstić information content (AvgIpc) is 2.58. The second-order valence-electron chi connectivity index (χ2n) is 4.97. The van der Waals surface area contributed by atoms with E-state index in [9.17, 15) is 23.6 Å². The molecule has 25 heavy (non-hydrogen) atoms. The number of aromatic nitrogens is 3. The molecular formula is C15H13ClFN3O5. The van der Waals surface area contributed by atoms with Crippen LogP contribution in [-0.4, -0.2) is 26.3 Å². The lowest BCUT2D eigenvalue weighted by molar-refractivity contribution is 0.0550. The Kier molecular flexibility index (Phi) is 5.07. The topological polar surface area (TPSA) is 92.3 Å². The summed E-state index contributed by atoms with van der Waals surface area (Å²) in [6.45, 7) is 3.28. The van der Waals surface area contributed by atoms with Gasteiger partial charge in [0, 0.05) is 14.1 Å². The lowest BCUT2D eigenvalue weighted by Gasteiger charge is -2.12. The molecule has 0 bridgehead atoms. The first-order valence-electron chi connectivity index (χ1n) is 6.87. The van der Waals surface area contributed by atoms with Gasteiger partial charge in [-0.05, 0) is 12.1 Å². The van der Waals surface area contributed by atoms with Crippen LogP contribution in [0.5, 0.6) is 0 Å². The lowest BCUT2D eigenvalue weighted by atomic mass is 10.2. The quantitative estimate of drug-likeness (QED) is 0.573. The predicted molar refractivity (Wildman–Crippen MR) is 88.0 cm³/mol. The zero-order valence-electron chi connectivity index (χ0n) is 13.3. The highest BCUT2D eigenvalue weighted by Gasteiger charge is 2.21. The van der Waals surface area contributed by atoms with E-state index < -0.39 is 34.5 Å². The third kappa shape index (κ3) is 3.18. The number of esters is 1. The van der Waals surface area contributed by atoms with Crippen molar-refractivity contribution in [3.8, 4) is 5.69 Å². The third-order valence-corrected chi connectivity index (χ3v) is 3.67. The number of hydrogen-bond donors (Lipinski definition) is 0. The molecule has 1 aromatic carbocycles. The van der Waals surface area contributed by atoms with Crippen molar-refractivity contribution in [2.24, 2.45) is 14.1 Å². The average molecular weight is 370 g/mol. The van der Waals surface area contributed by atoms with Crippen molar-refractivity contribution in [3.63, 3.8) is 0 Å². The fourth-order valence-electron chi connectivity index (χ4n) is 2.05. The number of benzene rings is 1. The fraction of sp³-hybridized carbons (Fsp3) is 0.200. The summed E-state index contributed by atoms with van der Waals surface area (Å²) in [4.78, 5) is 48.2. The number of halogens is 2. The minimum Gasteiger partial charge on any atom is -0.458 e. The van der Waals surface area contributed by atoms with Crippen LogP contribution in [0.3, 0.4) is 0 Å². The van der Waals surface area contributed by atoms with E-state index in [1.165, 1.54) is 6.08 Å².